The lowest BCUT2D eigenvalue weighted by Crippen LogP contribution is -2.53. The van der Waals surface area contributed by atoms with Gasteiger partial charge < -0.3 is 24.8 Å². The highest BCUT2D eigenvalue weighted by atomic mass is 16.5. The molecule has 7 heteroatoms. The van der Waals surface area contributed by atoms with Crippen LogP contribution in [-0.2, 0) is 20.9 Å². The molecule has 0 radical (unpaired) electrons. The molecule has 1 saturated heterocycles. The van der Waals surface area contributed by atoms with Crippen molar-refractivity contribution in [2.24, 2.45) is 0 Å². The van der Waals surface area contributed by atoms with Crippen molar-refractivity contribution in [3.63, 3.8) is 0 Å². The van der Waals surface area contributed by atoms with Gasteiger partial charge in [0.2, 0.25) is 5.91 Å². The fraction of sp³-hybridized carbons (Fsp3) is 0.333. The van der Waals surface area contributed by atoms with Crippen molar-refractivity contribution in [1.29, 1.82) is 0 Å². The molecule has 2 aromatic rings. The maximum Gasteiger partial charge on any atom is 0.242 e. The number of hydrogen-bond acceptors (Lipinski definition) is 6. The molecular weight excluding hydrogens is 360 g/mol. The van der Waals surface area contributed by atoms with E-state index in [1.807, 2.05) is 30.3 Å². The Morgan fingerprint density at radius 3 is 2.61 bits per heavy atom. The zero-order valence-corrected chi connectivity index (χ0v) is 15.9. The SMILES string of the molecule is COc1ccc(NC(=O)C2CC(=O)C(OCc3ccccc3)CN2)c(OC)c1. The van der Waals surface area contributed by atoms with E-state index in [0.717, 1.165) is 5.56 Å². The summed E-state index contributed by atoms with van der Waals surface area (Å²) in [7, 11) is 3.07. The Labute approximate surface area is 164 Å². The first-order valence-electron chi connectivity index (χ1n) is 9.05. The first-order valence-corrected chi connectivity index (χ1v) is 9.05. The molecule has 28 heavy (non-hydrogen) atoms. The predicted octanol–water partition coefficient (Wildman–Crippen LogP) is 2.16. The van der Waals surface area contributed by atoms with Gasteiger partial charge in [-0.05, 0) is 17.7 Å². The van der Waals surface area contributed by atoms with Gasteiger partial charge in [-0.25, -0.2) is 0 Å². The van der Waals surface area contributed by atoms with E-state index in [9.17, 15) is 9.59 Å². The predicted molar refractivity (Wildman–Crippen MR) is 105 cm³/mol. The van der Waals surface area contributed by atoms with Gasteiger partial charge in [-0.2, -0.15) is 0 Å². The number of benzene rings is 2. The van der Waals surface area contributed by atoms with Crippen LogP contribution in [0.15, 0.2) is 48.5 Å². The molecule has 3 rings (SSSR count). The fourth-order valence-electron chi connectivity index (χ4n) is 3.00. The first kappa shape index (κ1) is 19.9. The molecular formula is C21H24N2O5. The number of piperidine rings is 1. The highest BCUT2D eigenvalue weighted by molar-refractivity contribution is 6.00. The fourth-order valence-corrected chi connectivity index (χ4v) is 3.00. The molecule has 148 valence electrons. The first-order chi connectivity index (χ1) is 13.6. The van der Waals surface area contributed by atoms with Crippen LogP contribution in [0, 0.1) is 0 Å². The number of nitrogens with one attached hydrogen (secondary N) is 2. The number of amides is 1. The van der Waals surface area contributed by atoms with E-state index in [1.54, 1.807) is 25.3 Å². The van der Waals surface area contributed by atoms with Crippen LogP contribution in [-0.4, -0.2) is 44.6 Å². The van der Waals surface area contributed by atoms with Gasteiger partial charge in [-0.1, -0.05) is 30.3 Å². The number of ether oxygens (including phenoxy) is 3. The summed E-state index contributed by atoms with van der Waals surface area (Å²) in [4.78, 5) is 25.0. The van der Waals surface area contributed by atoms with E-state index in [2.05, 4.69) is 10.6 Å². The molecule has 1 aliphatic heterocycles. The van der Waals surface area contributed by atoms with Crippen LogP contribution in [0.25, 0.3) is 0 Å². The topological polar surface area (TPSA) is 85.9 Å². The van der Waals surface area contributed by atoms with E-state index >= 15 is 0 Å². The molecule has 0 saturated carbocycles. The van der Waals surface area contributed by atoms with Crippen molar-refractivity contribution in [2.75, 3.05) is 26.1 Å². The quantitative estimate of drug-likeness (QED) is 0.761. The normalized spacial score (nSPS) is 19.1. The number of methoxy groups -OCH3 is 2. The van der Waals surface area contributed by atoms with Gasteiger partial charge in [-0.15, -0.1) is 0 Å². The Morgan fingerprint density at radius 1 is 1.14 bits per heavy atom. The van der Waals surface area contributed by atoms with E-state index in [4.69, 9.17) is 14.2 Å². The van der Waals surface area contributed by atoms with Crippen molar-refractivity contribution in [3.05, 3.63) is 54.1 Å². The Balaban J connectivity index is 1.55. The minimum atomic E-state index is -0.615. The monoisotopic (exact) mass is 384 g/mol. The van der Waals surface area contributed by atoms with Gasteiger partial charge in [-0.3, -0.25) is 9.59 Å². The van der Waals surface area contributed by atoms with Crippen molar-refractivity contribution in [1.82, 2.24) is 5.32 Å². The average molecular weight is 384 g/mol. The highest BCUT2D eigenvalue weighted by Crippen LogP contribution is 2.29. The van der Waals surface area contributed by atoms with Gasteiger partial charge >= 0.3 is 0 Å². The molecule has 2 N–H and O–H groups in total. The molecule has 2 unspecified atom stereocenters. The van der Waals surface area contributed by atoms with Crippen LogP contribution in [0.2, 0.25) is 0 Å². The number of rotatable bonds is 7. The molecule has 0 bridgehead atoms. The summed E-state index contributed by atoms with van der Waals surface area (Å²) in [5, 5.41) is 5.89. The number of anilines is 1. The number of carbonyl (C=O) groups excluding carboxylic acids is 2. The van der Waals surface area contributed by atoms with E-state index in [-0.39, 0.29) is 18.1 Å². The van der Waals surface area contributed by atoms with Gasteiger partial charge in [0.05, 0.1) is 32.6 Å². The molecule has 7 nitrogen and oxygen atoms in total. The van der Waals surface area contributed by atoms with Crippen molar-refractivity contribution < 1.29 is 23.8 Å². The summed E-state index contributed by atoms with van der Waals surface area (Å²) < 4.78 is 16.1. The van der Waals surface area contributed by atoms with E-state index in [0.29, 0.717) is 30.3 Å². The number of hydrogen-bond donors (Lipinski definition) is 2. The maximum absolute atomic E-state index is 12.6. The van der Waals surface area contributed by atoms with E-state index < -0.39 is 12.1 Å². The Hall–Kier alpha value is -2.90. The standard InChI is InChI=1S/C21H24N2O5/c1-26-15-8-9-16(19(10-15)27-2)23-21(25)17-11-18(24)20(12-22-17)28-13-14-6-4-3-5-7-14/h3-10,17,20,22H,11-13H2,1-2H3,(H,23,25). The minimum Gasteiger partial charge on any atom is -0.497 e. The van der Waals surface area contributed by atoms with Crippen LogP contribution in [0.4, 0.5) is 5.69 Å². The van der Waals surface area contributed by atoms with E-state index in [1.165, 1.54) is 7.11 Å². The third-order valence-electron chi connectivity index (χ3n) is 4.59. The molecule has 0 aromatic heterocycles. The van der Waals surface area contributed by atoms with Gasteiger partial charge in [0, 0.05) is 19.0 Å². The molecule has 1 heterocycles. The van der Waals surface area contributed by atoms with Crippen molar-refractivity contribution in [2.45, 2.75) is 25.2 Å². The molecule has 0 aliphatic carbocycles. The lowest BCUT2D eigenvalue weighted by Gasteiger charge is -2.28. The second-order valence-corrected chi connectivity index (χ2v) is 6.47. The second kappa shape index (κ2) is 9.34. The molecule has 2 aromatic carbocycles. The lowest BCUT2D eigenvalue weighted by atomic mass is 10.0. The van der Waals surface area contributed by atoms with Crippen LogP contribution in [0.5, 0.6) is 11.5 Å². The zero-order valence-electron chi connectivity index (χ0n) is 15.9. The zero-order chi connectivity index (χ0) is 19.9. The smallest absolute Gasteiger partial charge is 0.242 e. The Bertz CT molecular complexity index is 825. The Morgan fingerprint density at radius 2 is 1.93 bits per heavy atom. The third-order valence-corrected chi connectivity index (χ3v) is 4.59. The largest absolute Gasteiger partial charge is 0.497 e. The van der Waals surface area contributed by atoms with Crippen molar-refractivity contribution >= 4 is 17.4 Å². The summed E-state index contributed by atoms with van der Waals surface area (Å²) in [5.41, 5.74) is 1.52. The van der Waals surface area contributed by atoms with Crippen molar-refractivity contribution in [3.8, 4) is 11.5 Å². The number of carbonyl (C=O) groups is 2. The van der Waals surface area contributed by atoms with Gasteiger partial charge in [0.15, 0.2) is 5.78 Å². The second-order valence-electron chi connectivity index (χ2n) is 6.47. The van der Waals surface area contributed by atoms with Crippen LogP contribution in [0.1, 0.15) is 12.0 Å². The molecule has 1 amide bonds. The van der Waals surface area contributed by atoms with Gasteiger partial charge in [0.1, 0.15) is 17.6 Å². The summed E-state index contributed by atoms with van der Waals surface area (Å²) in [6.07, 6.45) is -0.483. The Kier molecular flexibility index (Phi) is 6.62. The summed E-state index contributed by atoms with van der Waals surface area (Å²) in [5.74, 6) is 0.730. The summed E-state index contributed by atoms with van der Waals surface area (Å²) in [6, 6.07) is 14.2. The van der Waals surface area contributed by atoms with Gasteiger partial charge in [0.25, 0.3) is 0 Å². The summed E-state index contributed by atoms with van der Waals surface area (Å²) in [6.45, 7) is 0.655. The number of Topliss-reactive ketones (excluding diaryl/α,β-unsaturated/α-hetero) is 1. The molecule has 1 aliphatic rings. The minimum absolute atomic E-state index is 0.0732. The summed E-state index contributed by atoms with van der Waals surface area (Å²) >= 11 is 0. The van der Waals surface area contributed by atoms with Crippen LogP contribution >= 0.6 is 0 Å². The maximum atomic E-state index is 12.6. The average Bonchev–Trinajstić information content (AvgIpc) is 2.73. The number of ketones is 1. The molecule has 1 fully saturated rings. The highest BCUT2D eigenvalue weighted by Gasteiger charge is 2.33. The molecule has 0 spiro atoms. The van der Waals surface area contributed by atoms with Crippen LogP contribution in [0.3, 0.4) is 0 Å². The van der Waals surface area contributed by atoms with Crippen LogP contribution < -0.4 is 20.1 Å². The third kappa shape index (κ3) is 4.88. The lowest BCUT2D eigenvalue weighted by molar-refractivity contribution is -0.137. The molecule has 2 atom stereocenters.